The lowest BCUT2D eigenvalue weighted by Crippen LogP contribution is -2.47. The smallest absolute Gasteiger partial charge is 0.343 e. The fraction of sp³-hybridized carbons (Fsp3) is 0.222. The van der Waals surface area contributed by atoms with E-state index in [2.05, 4.69) is 0 Å². The Hall–Kier alpha value is -2.87. The number of rotatable bonds is 4. The fourth-order valence-electron chi connectivity index (χ4n) is 3.25. The highest BCUT2D eigenvalue weighted by Crippen LogP contribution is 2.56. The molecule has 1 atom stereocenters. The van der Waals surface area contributed by atoms with Gasteiger partial charge < -0.3 is 4.74 Å². The van der Waals surface area contributed by atoms with Crippen molar-refractivity contribution in [2.75, 3.05) is 4.90 Å². The number of ether oxygens (including phenoxy) is 1. The van der Waals surface area contributed by atoms with Crippen LogP contribution in [0.1, 0.15) is 18.4 Å². The molecule has 0 N–H and O–H groups in total. The number of nitro groups is 1. The van der Waals surface area contributed by atoms with Gasteiger partial charge in [0.15, 0.2) is 4.87 Å². The van der Waals surface area contributed by atoms with E-state index in [1.165, 1.54) is 23.9 Å². The van der Waals surface area contributed by atoms with Crippen LogP contribution in [0.4, 0.5) is 11.4 Å². The fourth-order valence-corrected chi connectivity index (χ4v) is 4.66. The molecule has 1 amide bonds. The number of nitro benzene ring substituents is 1. The summed E-state index contributed by atoms with van der Waals surface area (Å²) in [6.45, 7) is -0.00247. The van der Waals surface area contributed by atoms with Crippen LogP contribution in [-0.2, 0) is 20.9 Å². The number of anilines is 1. The zero-order valence-electron chi connectivity index (χ0n) is 13.6. The molecule has 1 fully saturated rings. The van der Waals surface area contributed by atoms with Gasteiger partial charge in [0, 0.05) is 29.9 Å². The minimum Gasteiger partial charge on any atom is -0.458 e. The number of thioether (sulfide) groups is 1. The summed E-state index contributed by atoms with van der Waals surface area (Å²) in [6.07, 6.45) is 0.693. The highest BCUT2D eigenvalue weighted by atomic mass is 32.2. The van der Waals surface area contributed by atoms with Gasteiger partial charge in [-0.2, -0.15) is 0 Å². The number of hydrogen-bond acceptors (Lipinski definition) is 6. The van der Waals surface area contributed by atoms with E-state index in [4.69, 9.17) is 4.74 Å². The van der Waals surface area contributed by atoms with Crippen molar-refractivity contribution in [3.8, 4) is 0 Å². The van der Waals surface area contributed by atoms with Crippen molar-refractivity contribution in [1.82, 2.24) is 0 Å². The minimum absolute atomic E-state index is 0.00247. The van der Waals surface area contributed by atoms with Gasteiger partial charge in [0.25, 0.3) is 5.69 Å². The number of para-hydroxylation sites is 1. The zero-order valence-corrected chi connectivity index (χ0v) is 14.4. The van der Waals surface area contributed by atoms with E-state index in [0.29, 0.717) is 18.4 Å². The number of benzene rings is 2. The van der Waals surface area contributed by atoms with E-state index < -0.39 is 15.8 Å². The topological polar surface area (TPSA) is 89.8 Å². The van der Waals surface area contributed by atoms with Crippen molar-refractivity contribution in [2.45, 2.75) is 29.2 Å². The summed E-state index contributed by atoms with van der Waals surface area (Å²) in [5, 5.41) is 10.7. The SMILES string of the molecule is O=C1CCC2(C(=O)OCc3ccc([N+](=O)[O-])cc3)Sc3ccccc3N12. The molecule has 0 bridgehead atoms. The van der Waals surface area contributed by atoms with Gasteiger partial charge in [-0.25, -0.2) is 4.79 Å². The Morgan fingerprint density at radius 2 is 1.96 bits per heavy atom. The third-order valence-corrected chi connectivity index (χ3v) is 5.97. The second-order valence-electron chi connectivity index (χ2n) is 6.08. The quantitative estimate of drug-likeness (QED) is 0.466. The molecule has 26 heavy (non-hydrogen) atoms. The van der Waals surface area contributed by atoms with Gasteiger partial charge in [0.2, 0.25) is 5.91 Å². The van der Waals surface area contributed by atoms with E-state index in [0.717, 1.165) is 10.6 Å². The van der Waals surface area contributed by atoms with Crippen LogP contribution in [0.2, 0.25) is 0 Å². The van der Waals surface area contributed by atoms with E-state index in [1.807, 2.05) is 24.3 Å². The van der Waals surface area contributed by atoms with Crippen LogP contribution in [-0.4, -0.2) is 21.7 Å². The second kappa shape index (κ2) is 6.14. The van der Waals surface area contributed by atoms with Crippen LogP contribution < -0.4 is 4.90 Å². The first-order chi connectivity index (χ1) is 12.5. The molecule has 2 aliphatic heterocycles. The number of amides is 1. The molecule has 8 heteroatoms. The maximum Gasteiger partial charge on any atom is 0.343 e. The van der Waals surface area contributed by atoms with E-state index >= 15 is 0 Å². The lowest BCUT2D eigenvalue weighted by atomic mass is 10.2. The first-order valence-corrected chi connectivity index (χ1v) is 8.84. The molecule has 2 aromatic carbocycles. The predicted octanol–water partition coefficient (Wildman–Crippen LogP) is 3.27. The second-order valence-corrected chi connectivity index (χ2v) is 7.40. The summed E-state index contributed by atoms with van der Waals surface area (Å²) in [4.78, 5) is 36.8. The first-order valence-electron chi connectivity index (χ1n) is 8.03. The van der Waals surface area contributed by atoms with Crippen molar-refractivity contribution < 1.29 is 19.2 Å². The number of carbonyl (C=O) groups excluding carboxylic acids is 2. The van der Waals surface area contributed by atoms with Gasteiger partial charge in [-0.1, -0.05) is 23.9 Å². The molecule has 2 aliphatic rings. The average Bonchev–Trinajstić information content (AvgIpc) is 3.16. The van der Waals surface area contributed by atoms with Crippen LogP contribution in [0.25, 0.3) is 0 Å². The predicted molar refractivity (Wildman–Crippen MR) is 94.6 cm³/mol. The summed E-state index contributed by atoms with van der Waals surface area (Å²) in [5.74, 6) is -0.558. The molecule has 1 unspecified atom stereocenters. The summed E-state index contributed by atoms with van der Waals surface area (Å²) in [7, 11) is 0. The van der Waals surface area contributed by atoms with Gasteiger partial charge in [-0.05, 0) is 29.8 Å². The number of non-ortho nitro benzene ring substituents is 1. The lowest BCUT2D eigenvalue weighted by molar-refractivity contribution is -0.384. The van der Waals surface area contributed by atoms with Crippen LogP contribution in [0, 0.1) is 10.1 Å². The van der Waals surface area contributed by atoms with Crippen molar-refractivity contribution in [3.05, 3.63) is 64.2 Å². The standard InChI is InChI=1S/C18H14N2O5S/c21-16-9-10-18(19(16)14-3-1-2-4-15(14)26-18)17(22)25-11-12-5-7-13(8-6-12)20(23)24/h1-8H,9-11H2. The Bertz CT molecular complexity index is 914. The monoisotopic (exact) mass is 370 g/mol. The lowest BCUT2D eigenvalue weighted by Gasteiger charge is -2.28. The van der Waals surface area contributed by atoms with E-state index in [9.17, 15) is 19.7 Å². The van der Waals surface area contributed by atoms with Gasteiger partial charge in [-0.15, -0.1) is 0 Å². The van der Waals surface area contributed by atoms with Crippen molar-refractivity contribution in [3.63, 3.8) is 0 Å². The molecule has 0 aliphatic carbocycles. The Kier molecular flexibility index (Phi) is 3.91. The summed E-state index contributed by atoms with van der Waals surface area (Å²) in [5.41, 5.74) is 1.37. The van der Waals surface area contributed by atoms with Gasteiger partial charge in [-0.3, -0.25) is 19.8 Å². The van der Waals surface area contributed by atoms with Gasteiger partial charge in [0.05, 0.1) is 10.6 Å². The Balaban J connectivity index is 1.53. The summed E-state index contributed by atoms with van der Waals surface area (Å²) >= 11 is 1.35. The molecular formula is C18H14N2O5S. The summed E-state index contributed by atoms with van der Waals surface area (Å²) in [6, 6.07) is 13.3. The maximum absolute atomic E-state index is 12.9. The van der Waals surface area contributed by atoms with E-state index in [-0.39, 0.29) is 18.2 Å². The number of fused-ring (bicyclic) bond motifs is 3. The molecular weight excluding hydrogens is 356 g/mol. The minimum atomic E-state index is -1.05. The largest absolute Gasteiger partial charge is 0.458 e. The molecule has 7 nitrogen and oxygen atoms in total. The Labute approximate surface area is 153 Å². The number of nitrogens with zero attached hydrogens (tertiary/aromatic N) is 2. The molecule has 4 rings (SSSR count). The van der Waals surface area contributed by atoms with E-state index in [1.54, 1.807) is 17.0 Å². The Morgan fingerprint density at radius 1 is 1.23 bits per heavy atom. The number of carbonyl (C=O) groups is 2. The third kappa shape index (κ3) is 2.53. The average molecular weight is 370 g/mol. The molecule has 0 radical (unpaired) electrons. The number of hydrogen-bond donors (Lipinski definition) is 0. The maximum atomic E-state index is 12.9. The summed E-state index contributed by atoms with van der Waals surface area (Å²) < 4.78 is 5.47. The third-order valence-electron chi connectivity index (χ3n) is 4.51. The first kappa shape index (κ1) is 16.6. The van der Waals surface area contributed by atoms with Crippen LogP contribution in [0.15, 0.2) is 53.4 Å². The zero-order chi connectivity index (χ0) is 18.3. The molecule has 132 valence electrons. The van der Waals surface area contributed by atoms with Crippen LogP contribution in [0.5, 0.6) is 0 Å². The molecule has 2 heterocycles. The van der Waals surface area contributed by atoms with Crippen molar-refractivity contribution in [1.29, 1.82) is 0 Å². The Morgan fingerprint density at radius 3 is 2.69 bits per heavy atom. The van der Waals surface area contributed by atoms with Crippen LogP contribution >= 0.6 is 11.8 Å². The van der Waals surface area contributed by atoms with Gasteiger partial charge in [0.1, 0.15) is 6.61 Å². The van der Waals surface area contributed by atoms with Crippen molar-refractivity contribution >= 4 is 35.0 Å². The van der Waals surface area contributed by atoms with Crippen LogP contribution in [0.3, 0.4) is 0 Å². The highest BCUT2D eigenvalue weighted by molar-refractivity contribution is 8.02. The molecule has 0 aromatic heterocycles. The highest BCUT2D eigenvalue weighted by Gasteiger charge is 2.58. The van der Waals surface area contributed by atoms with Crippen molar-refractivity contribution in [2.24, 2.45) is 0 Å². The number of esters is 1. The normalized spacial score (nSPS) is 20.6. The molecule has 0 saturated carbocycles. The van der Waals surface area contributed by atoms with Gasteiger partial charge >= 0.3 is 5.97 Å². The molecule has 1 saturated heterocycles. The molecule has 2 aromatic rings. The molecule has 0 spiro atoms.